The van der Waals surface area contributed by atoms with Gasteiger partial charge in [0.25, 0.3) is 0 Å². The highest BCUT2D eigenvalue weighted by Crippen LogP contribution is 2.22. The van der Waals surface area contributed by atoms with Gasteiger partial charge in [-0.3, -0.25) is 4.99 Å². The van der Waals surface area contributed by atoms with Gasteiger partial charge in [0.1, 0.15) is 0 Å². The van der Waals surface area contributed by atoms with Crippen molar-refractivity contribution in [2.24, 2.45) is 10.7 Å². The SMILES string of the molecule is C=C(C)CNC(N)=NCC(CC)(CC)NC(C)c1ccccc1.I. The second-order valence-corrected chi connectivity index (χ2v) is 6.28. The number of hydrogen-bond acceptors (Lipinski definition) is 2. The van der Waals surface area contributed by atoms with E-state index in [1.807, 2.05) is 13.0 Å². The van der Waals surface area contributed by atoms with E-state index in [1.54, 1.807) is 0 Å². The second-order valence-electron chi connectivity index (χ2n) is 6.28. The number of guanidine groups is 1. The van der Waals surface area contributed by atoms with Crippen LogP contribution in [0.5, 0.6) is 0 Å². The van der Waals surface area contributed by atoms with Gasteiger partial charge in [0.15, 0.2) is 5.96 Å². The number of nitrogens with two attached hydrogens (primary N) is 1. The summed E-state index contributed by atoms with van der Waals surface area (Å²) in [6.45, 7) is 13.7. The van der Waals surface area contributed by atoms with Crippen molar-refractivity contribution in [1.29, 1.82) is 0 Å². The molecular formula is C19H33IN4. The van der Waals surface area contributed by atoms with Gasteiger partial charge in [0, 0.05) is 18.1 Å². The molecule has 0 heterocycles. The van der Waals surface area contributed by atoms with E-state index in [0.717, 1.165) is 18.4 Å². The van der Waals surface area contributed by atoms with E-state index >= 15 is 0 Å². The Labute approximate surface area is 164 Å². The average molecular weight is 444 g/mol. The maximum absolute atomic E-state index is 5.95. The molecule has 0 amide bonds. The Kier molecular flexibility index (Phi) is 11.0. The van der Waals surface area contributed by atoms with Crippen LogP contribution >= 0.6 is 24.0 Å². The molecule has 5 heteroatoms. The van der Waals surface area contributed by atoms with Gasteiger partial charge in [-0.05, 0) is 32.3 Å². The van der Waals surface area contributed by atoms with E-state index in [4.69, 9.17) is 5.73 Å². The van der Waals surface area contributed by atoms with Gasteiger partial charge in [0.05, 0.1) is 6.54 Å². The van der Waals surface area contributed by atoms with Gasteiger partial charge in [-0.15, -0.1) is 24.0 Å². The highest BCUT2D eigenvalue weighted by Gasteiger charge is 2.27. The minimum Gasteiger partial charge on any atom is -0.370 e. The van der Waals surface area contributed by atoms with E-state index in [1.165, 1.54) is 5.56 Å². The Balaban J connectivity index is 0.00000529. The van der Waals surface area contributed by atoms with Gasteiger partial charge in [0.2, 0.25) is 0 Å². The van der Waals surface area contributed by atoms with Crippen molar-refractivity contribution in [2.45, 2.75) is 52.1 Å². The van der Waals surface area contributed by atoms with Crippen LogP contribution in [0, 0.1) is 0 Å². The lowest BCUT2D eigenvalue weighted by molar-refractivity contribution is 0.281. The fourth-order valence-electron chi connectivity index (χ4n) is 2.54. The molecule has 4 nitrogen and oxygen atoms in total. The van der Waals surface area contributed by atoms with Crippen LogP contribution in [0.3, 0.4) is 0 Å². The van der Waals surface area contributed by atoms with Crippen molar-refractivity contribution in [3.63, 3.8) is 0 Å². The first kappa shape index (κ1) is 22.9. The highest BCUT2D eigenvalue weighted by atomic mass is 127. The standard InChI is InChI=1S/C19H32N4.HI/c1-6-19(7-2,14-22-18(20)21-13-15(3)4)23-16(5)17-11-9-8-10-12-17;/h8-12,16,23H,3,6-7,13-14H2,1-2,4-5H3,(H3,20,21,22);1H. The van der Waals surface area contributed by atoms with Crippen LogP contribution in [0.2, 0.25) is 0 Å². The second kappa shape index (κ2) is 11.5. The summed E-state index contributed by atoms with van der Waals surface area (Å²) < 4.78 is 0. The quantitative estimate of drug-likeness (QED) is 0.234. The Hall–Kier alpha value is -1.08. The zero-order chi connectivity index (χ0) is 17.3. The van der Waals surface area contributed by atoms with Gasteiger partial charge < -0.3 is 16.4 Å². The minimum atomic E-state index is -0.0508. The summed E-state index contributed by atoms with van der Waals surface area (Å²) in [5, 5.41) is 6.85. The molecule has 4 N–H and O–H groups in total. The van der Waals surface area contributed by atoms with Crippen LogP contribution in [0.4, 0.5) is 0 Å². The van der Waals surface area contributed by atoms with Crippen molar-refractivity contribution < 1.29 is 0 Å². The summed E-state index contributed by atoms with van der Waals surface area (Å²) >= 11 is 0. The lowest BCUT2D eigenvalue weighted by atomic mass is 9.91. The molecule has 136 valence electrons. The lowest BCUT2D eigenvalue weighted by Crippen LogP contribution is -2.49. The van der Waals surface area contributed by atoms with Gasteiger partial charge in [-0.1, -0.05) is 56.3 Å². The topological polar surface area (TPSA) is 62.4 Å². The fourth-order valence-corrected chi connectivity index (χ4v) is 2.54. The molecule has 1 aromatic rings. The monoisotopic (exact) mass is 444 g/mol. The zero-order valence-corrected chi connectivity index (χ0v) is 17.8. The van der Waals surface area contributed by atoms with Crippen LogP contribution in [0.25, 0.3) is 0 Å². The van der Waals surface area contributed by atoms with E-state index < -0.39 is 0 Å². The number of rotatable bonds is 9. The molecule has 1 rings (SSSR count). The molecule has 0 aliphatic carbocycles. The molecule has 0 radical (unpaired) electrons. The van der Waals surface area contributed by atoms with Gasteiger partial charge in [-0.2, -0.15) is 0 Å². The molecule has 0 fully saturated rings. The summed E-state index contributed by atoms with van der Waals surface area (Å²) in [6.07, 6.45) is 2.00. The molecule has 0 aliphatic heterocycles. The van der Waals surface area contributed by atoms with Crippen molar-refractivity contribution in [2.75, 3.05) is 13.1 Å². The average Bonchev–Trinajstić information content (AvgIpc) is 2.57. The number of nitrogens with zero attached hydrogens (tertiary/aromatic N) is 1. The van der Waals surface area contributed by atoms with Gasteiger partial charge >= 0.3 is 0 Å². The van der Waals surface area contributed by atoms with Crippen molar-refractivity contribution in [3.05, 3.63) is 48.0 Å². The summed E-state index contributed by atoms with van der Waals surface area (Å²) in [5.74, 6) is 0.480. The molecule has 1 aromatic carbocycles. The van der Waals surface area contributed by atoms with E-state index in [2.05, 4.69) is 67.2 Å². The molecule has 0 aliphatic rings. The summed E-state index contributed by atoms with van der Waals surface area (Å²) in [5.41, 5.74) is 8.23. The molecule has 0 saturated heterocycles. The van der Waals surface area contributed by atoms with Crippen molar-refractivity contribution in [3.8, 4) is 0 Å². The molecule has 1 atom stereocenters. The molecule has 0 saturated carbocycles. The summed E-state index contributed by atoms with van der Waals surface area (Å²) in [6, 6.07) is 10.8. The molecule has 0 aromatic heterocycles. The van der Waals surface area contributed by atoms with E-state index in [-0.39, 0.29) is 35.6 Å². The Morgan fingerprint density at radius 3 is 2.33 bits per heavy atom. The number of benzene rings is 1. The summed E-state index contributed by atoms with van der Waals surface area (Å²) in [4.78, 5) is 4.54. The third-order valence-electron chi connectivity index (χ3n) is 4.30. The van der Waals surface area contributed by atoms with E-state index in [0.29, 0.717) is 19.0 Å². The van der Waals surface area contributed by atoms with E-state index in [9.17, 15) is 0 Å². The first-order valence-electron chi connectivity index (χ1n) is 8.43. The number of halogens is 1. The number of hydrogen-bond donors (Lipinski definition) is 3. The molecule has 0 bridgehead atoms. The minimum absolute atomic E-state index is 0. The largest absolute Gasteiger partial charge is 0.370 e. The lowest BCUT2D eigenvalue weighted by Gasteiger charge is -2.35. The predicted molar refractivity (Wildman–Crippen MR) is 116 cm³/mol. The third-order valence-corrected chi connectivity index (χ3v) is 4.30. The smallest absolute Gasteiger partial charge is 0.188 e. The van der Waals surface area contributed by atoms with Crippen molar-refractivity contribution >= 4 is 29.9 Å². The fraction of sp³-hybridized carbons (Fsp3) is 0.526. The molecule has 1 unspecified atom stereocenters. The Morgan fingerprint density at radius 1 is 1.25 bits per heavy atom. The first-order chi connectivity index (χ1) is 10.9. The number of aliphatic imine (C=N–C) groups is 1. The van der Waals surface area contributed by atoms with Crippen LogP contribution in [0.15, 0.2) is 47.5 Å². The predicted octanol–water partition coefficient (Wildman–Crippen LogP) is 3.99. The normalized spacial score (nSPS) is 13.1. The molecule has 24 heavy (non-hydrogen) atoms. The Morgan fingerprint density at radius 2 is 1.83 bits per heavy atom. The Bertz CT molecular complexity index is 509. The van der Waals surface area contributed by atoms with Crippen LogP contribution in [0.1, 0.15) is 52.1 Å². The zero-order valence-electron chi connectivity index (χ0n) is 15.4. The van der Waals surface area contributed by atoms with Crippen molar-refractivity contribution in [1.82, 2.24) is 10.6 Å². The third kappa shape index (κ3) is 7.66. The van der Waals surface area contributed by atoms with Gasteiger partial charge in [-0.25, -0.2) is 0 Å². The maximum atomic E-state index is 5.95. The summed E-state index contributed by atoms with van der Waals surface area (Å²) in [7, 11) is 0. The van der Waals surface area contributed by atoms with Crippen LogP contribution in [-0.2, 0) is 0 Å². The molecular weight excluding hydrogens is 411 g/mol. The highest BCUT2D eigenvalue weighted by molar-refractivity contribution is 14.0. The maximum Gasteiger partial charge on any atom is 0.188 e. The molecule has 0 spiro atoms. The first-order valence-corrected chi connectivity index (χ1v) is 8.43. The number of nitrogens with one attached hydrogen (secondary N) is 2. The van der Waals surface area contributed by atoms with Crippen LogP contribution in [-0.4, -0.2) is 24.6 Å². The van der Waals surface area contributed by atoms with Crippen LogP contribution < -0.4 is 16.4 Å².